The van der Waals surface area contributed by atoms with E-state index in [1.54, 1.807) is 6.07 Å². The molecule has 0 N–H and O–H groups in total. The molecule has 0 unspecified atom stereocenters. The van der Waals surface area contributed by atoms with Crippen LogP contribution < -0.4 is 0 Å². The Bertz CT molecular complexity index is 320. The van der Waals surface area contributed by atoms with Crippen LogP contribution in [0.3, 0.4) is 0 Å². The lowest BCUT2D eigenvalue weighted by molar-refractivity contribution is -0.142. The molecule has 0 spiro atoms. The molecule has 1 aromatic rings. The summed E-state index contributed by atoms with van der Waals surface area (Å²) in [6.45, 7) is -1.11. The third-order valence-electron chi connectivity index (χ3n) is 1.30. The van der Waals surface area contributed by atoms with Gasteiger partial charge in [0.15, 0.2) is 0 Å². The van der Waals surface area contributed by atoms with Gasteiger partial charge in [0, 0.05) is 6.20 Å². The predicted octanol–water partition coefficient (Wildman–Crippen LogP) is 1.51. The molecule has 0 atom stereocenters. The van der Waals surface area contributed by atoms with Crippen molar-refractivity contribution in [3.05, 3.63) is 18.0 Å². The van der Waals surface area contributed by atoms with Gasteiger partial charge >= 0.3 is 6.18 Å². The van der Waals surface area contributed by atoms with E-state index >= 15 is 0 Å². The number of alkyl halides is 3. The monoisotopic (exact) mass is 189 g/mol. The molecular formula is C7H6F3N3. The Balaban J connectivity index is 2.65. The molecule has 1 heterocycles. The van der Waals surface area contributed by atoms with Gasteiger partial charge in [-0.25, -0.2) is 0 Å². The first-order valence-electron chi connectivity index (χ1n) is 3.47. The number of hydrogen-bond acceptors (Lipinski definition) is 2. The molecule has 0 aliphatic carbocycles. The minimum Gasteiger partial charge on any atom is -0.263 e. The second-order valence-corrected chi connectivity index (χ2v) is 2.45. The third-order valence-corrected chi connectivity index (χ3v) is 1.30. The van der Waals surface area contributed by atoms with Gasteiger partial charge in [-0.1, -0.05) is 0 Å². The maximum Gasteiger partial charge on any atom is 0.408 e. The van der Waals surface area contributed by atoms with Crippen molar-refractivity contribution in [3.8, 4) is 6.07 Å². The molecule has 1 rings (SSSR count). The summed E-state index contributed by atoms with van der Waals surface area (Å²) in [6, 6.07) is 3.20. The van der Waals surface area contributed by atoms with E-state index in [2.05, 4.69) is 5.10 Å². The van der Waals surface area contributed by atoms with Crippen LogP contribution >= 0.6 is 0 Å². The Kier molecular flexibility index (Phi) is 2.56. The van der Waals surface area contributed by atoms with Crippen LogP contribution in [0.2, 0.25) is 0 Å². The zero-order valence-electron chi connectivity index (χ0n) is 6.54. The van der Waals surface area contributed by atoms with E-state index in [9.17, 15) is 13.2 Å². The van der Waals surface area contributed by atoms with E-state index in [-0.39, 0.29) is 6.42 Å². The van der Waals surface area contributed by atoms with E-state index in [0.717, 1.165) is 4.68 Å². The lowest BCUT2D eigenvalue weighted by atomic mass is 10.3. The summed E-state index contributed by atoms with van der Waals surface area (Å²) >= 11 is 0. The Morgan fingerprint density at radius 2 is 2.23 bits per heavy atom. The Morgan fingerprint density at radius 3 is 2.77 bits per heavy atom. The fourth-order valence-corrected chi connectivity index (χ4v) is 0.851. The van der Waals surface area contributed by atoms with Gasteiger partial charge in [0.25, 0.3) is 0 Å². The van der Waals surface area contributed by atoms with Crippen LogP contribution in [0, 0.1) is 11.3 Å². The molecule has 0 bridgehead atoms. The van der Waals surface area contributed by atoms with E-state index in [0.29, 0.717) is 5.69 Å². The SMILES string of the molecule is N#CCc1ccn(CC(F)(F)F)n1. The topological polar surface area (TPSA) is 41.6 Å². The van der Waals surface area contributed by atoms with Crippen molar-refractivity contribution >= 4 is 0 Å². The Morgan fingerprint density at radius 1 is 1.54 bits per heavy atom. The van der Waals surface area contributed by atoms with E-state index in [4.69, 9.17) is 5.26 Å². The molecule has 0 amide bonds. The number of halogens is 3. The van der Waals surface area contributed by atoms with Gasteiger partial charge in [-0.2, -0.15) is 23.5 Å². The molecule has 0 saturated carbocycles. The zero-order valence-corrected chi connectivity index (χ0v) is 6.54. The maximum absolute atomic E-state index is 11.8. The van der Waals surface area contributed by atoms with Crippen LogP contribution in [0.15, 0.2) is 12.3 Å². The van der Waals surface area contributed by atoms with Crippen LogP contribution in [0.1, 0.15) is 5.69 Å². The lowest BCUT2D eigenvalue weighted by Crippen LogP contribution is -2.18. The molecule has 0 aromatic carbocycles. The fraction of sp³-hybridized carbons (Fsp3) is 0.429. The summed E-state index contributed by atoms with van der Waals surface area (Å²) in [5, 5.41) is 11.8. The van der Waals surface area contributed by atoms with Gasteiger partial charge < -0.3 is 0 Å². The summed E-state index contributed by atoms with van der Waals surface area (Å²) < 4.78 is 36.2. The van der Waals surface area contributed by atoms with Crippen molar-refractivity contribution < 1.29 is 13.2 Å². The number of aromatic nitrogens is 2. The molecule has 70 valence electrons. The maximum atomic E-state index is 11.8. The van der Waals surface area contributed by atoms with Crippen LogP contribution in [0.4, 0.5) is 13.2 Å². The summed E-state index contributed by atoms with van der Waals surface area (Å²) in [5.74, 6) is 0. The molecular weight excluding hydrogens is 183 g/mol. The first-order chi connectivity index (χ1) is 6.01. The van der Waals surface area contributed by atoms with E-state index in [1.807, 2.05) is 0 Å². The highest BCUT2D eigenvalue weighted by Gasteiger charge is 2.28. The number of nitriles is 1. The first kappa shape index (κ1) is 9.58. The molecule has 1 aromatic heterocycles. The summed E-state index contributed by atoms with van der Waals surface area (Å²) in [5.41, 5.74) is 0.353. The standard InChI is InChI=1S/C7H6F3N3/c8-7(9,10)5-13-4-2-6(12-13)1-3-11/h2,4H,1,5H2. The minimum atomic E-state index is -4.27. The highest BCUT2D eigenvalue weighted by Crippen LogP contribution is 2.16. The Hall–Kier alpha value is -1.51. The molecule has 0 aliphatic heterocycles. The van der Waals surface area contributed by atoms with Crippen molar-refractivity contribution in [2.45, 2.75) is 19.1 Å². The van der Waals surface area contributed by atoms with Gasteiger partial charge in [-0.05, 0) is 6.07 Å². The molecule has 13 heavy (non-hydrogen) atoms. The normalized spacial score (nSPS) is 11.2. The van der Waals surface area contributed by atoms with E-state index in [1.165, 1.54) is 12.3 Å². The second-order valence-electron chi connectivity index (χ2n) is 2.45. The highest BCUT2D eigenvalue weighted by molar-refractivity contribution is 5.04. The van der Waals surface area contributed by atoms with Crippen LogP contribution in [-0.4, -0.2) is 16.0 Å². The molecule has 0 aliphatic rings. The van der Waals surface area contributed by atoms with Gasteiger partial charge in [0.1, 0.15) is 6.54 Å². The number of nitrogens with zero attached hydrogens (tertiary/aromatic N) is 3. The first-order valence-corrected chi connectivity index (χ1v) is 3.47. The smallest absolute Gasteiger partial charge is 0.263 e. The predicted molar refractivity (Wildman–Crippen MR) is 37.6 cm³/mol. The highest BCUT2D eigenvalue weighted by atomic mass is 19.4. The van der Waals surface area contributed by atoms with Crippen molar-refractivity contribution in [2.24, 2.45) is 0 Å². The fourth-order valence-electron chi connectivity index (χ4n) is 0.851. The Labute approximate surface area is 72.4 Å². The summed E-state index contributed by atoms with van der Waals surface area (Å²) in [7, 11) is 0. The van der Waals surface area contributed by atoms with Gasteiger partial charge in [0.05, 0.1) is 18.2 Å². The minimum absolute atomic E-state index is 0.0326. The average molecular weight is 189 g/mol. The summed E-state index contributed by atoms with van der Waals surface area (Å²) in [4.78, 5) is 0. The van der Waals surface area contributed by atoms with Crippen LogP contribution in [0.25, 0.3) is 0 Å². The largest absolute Gasteiger partial charge is 0.408 e. The molecule has 6 heteroatoms. The zero-order chi connectivity index (χ0) is 9.90. The lowest BCUT2D eigenvalue weighted by Gasteiger charge is -2.04. The van der Waals surface area contributed by atoms with Crippen molar-refractivity contribution in [1.82, 2.24) is 9.78 Å². The molecule has 3 nitrogen and oxygen atoms in total. The van der Waals surface area contributed by atoms with Crippen molar-refractivity contribution in [1.29, 1.82) is 5.26 Å². The molecule has 0 fully saturated rings. The van der Waals surface area contributed by atoms with Crippen molar-refractivity contribution in [3.63, 3.8) is 0 Å². The van der Waals surface area contributed by atoms with Gasteiger partial charge in [-0.3, -0.25) is 4.68 Å². The van der Waals surface area contributed by atoms with Gasteiger partial charge in [-0.15, -0.1) is 0 Å². The molecule has 0 radical (unpaired) electrons. The second kappa shape index (κ2) is 3.47. The number of rotatable bonds is 2. The third kappa shape index (κ3) is 3.15. The molecule has 0 saturated heterocycles. The quantitative estimate of drug-likeness (QED) is 0.707. The van der Waals surface area contributed by atoms with E-state index < -0.39 is 12.7 Å². The van der Waals surface area contributed by atoms with Crippen molar-refractivity contribution in [2.75, 3.05) is 0 Å². The average Bonchev–Trinajstić information content (AvgIpc) is 2.33. The van der Waals surface area contributed by atoms with Crippen LogP contribution in [0.5, 0.6) is 0 Å². The number of hydrogen-bond donors (Lipinski definition) is 0. The summed E-state index contributed by atoms with van der Waals surface area (Å²) in [6.07, 6.45) is -3.03. The van der Waals surface area contributed by atoms with Crippen LogP contribution in [-0.2, 0) is 13.0 Å². The van der Waals surface area contributed by atoms with Gasteiger partial charge in [0.2, 0.25) is 0 Å².